The summed E-state index contributed by atoms with van der Waals surface area (Å²) in [4.78, 5) is 10.4. The maximum absolute atomic E-state index is 14.0. The topological polar surface area (TPSA) is 134 Å². The third-order valence-corrected chi connectivity index (χ3v) is 5.18. The molecule has 0 spiro atoms. The molecule has 11 heteroatoms. The molecule has 0 bridgehead atoms. The Morgan fingerprint density at radius 1 is 1.41 bits per heavy atom. The summed E-state index contributed by atoms with van der Waals surface area (Å²) in [6, 6.07) is 7.62. The Morgan fingerprint density at radius 3 is 2.83 bits per heavy atom. The molecule has 1 fully saturated rings. The van der Waals surface area contributed by atoms with Gasteiger partial charge in [-0.05, 0) is 19.1 Å². The van der Waals surface area contributed by atoms with E-state index in [9.17, 15) is 12.8 Å². The third kappa shape index (κ3) is 5.17. The van der Waals surface area contributed by atoms with E-state index >= 15 is 0 Å². The van der Waals surface area contributed by atoms with Crippen LogP contribution in [0.5, 0.6) is 0 Å². The van der Waals surface area contributed by atoms with Crippen LogP contribution in [0.3, 0.4) is 0 Å². The van der Waals surface area contributed by atoms with Gasteiger partial charge in [0, 0.05) is 24.7 Å². The largest absolute Gasteiger partial charge is 0.373 e. The zero-order valence-electron chi connectivity index (χ0n) is 16.0. The molecule has 9 nitrogen and oxygen atoms in total. The molecule has 0 saturated carbocycles. The summed E-state index contributed by atoms with van der Waals surface area (Å²) in [7, 11) is -3.33. The van der Waals surface area contributed by atoms with E-state index < -0.39 is 15.8 Å². The molecule has 29 heavy (non-hydrogen) atoms. The summed E-state index contributed by atoms with van der Waals surface area (Å²) < 4.78 is 44.8. The van der Waals surface area contributed by atoms with Gasteiger partial charge in [0.05, 0.1) is 36.3 Å². The van der Waals surface area contributed by atoms with Gasteiger partial charge >= 0.3 is 0 Å². The number of benzene rings is 1. The summed E-state index contributed by atoms with van der Waals surface area (Å²) >= 11 is 0. The third-order valence-electron chi connectivity index (χ3n) is 4.49. The van der Waals surface area contributed by atoms with Crippen molar-refractivity contribution < 1.29 is 17.5 Å². The lowest BCUT2D eigenvalue weighted by Crippen LogP contribution is -2.52. The molecule has 3 rings (SSSR count). The van der Waals surface area contributed by atoms with Gasteiger partial charge in [0.15, 0.2) is 0 Å². The molecule has 0 aliphatic carbocycles. The fraction of sp³-hybridized carbons (Fsp3) is 0.389. The molecule has 1 aromatic heterocycles. The number of morpholine rings is 1. The van der Waals surface area contributed by atoms with Crippen molar-refractivity contribution in [1.29, 1.82) is 5.26 Å². The summed E-state index contributed by atoms with van der Waals surface area (Å²) in [5.41, 5.74) is 6.70. The fourth-order valence-electron chi connectivity index (χ4n) is 3.02. The summed E-state index contributed by atoms with van der Waals surface area (Å²) in [5, 5.41) is 8.89. The van der Waals surface area contributed by atoms with Crippen LogP contribution in [-0.2, 0) is 14.8 Å². The number of nitriles is 1. The summed E-state index contributed by atoms with van der Waals surface area (Å²) in [6.45, 7) is 2.85. The summed E-state index contributed by atoms with van der Waals surface area (Å²) in [6.07, 6.45) is 0.720. The molecule has 2 atom stereocenters. The van der Waals surface area contributed by atoms with E-state index in [1.165, 1.54) is 12.1 Å². The lowest BCUT2D eigenvalue weighted by molar-refractivity contribution is 0.0259. The Balaban J connectivity index is 1.88. The highest BCUT2D eigenvalue weighted by Crippen LogP contribution is 2.27. The van der Waals surface area contributed by atoms with Gasteiger partial charge in [-0.15, -0.1) is 0 Å². The standard InChI is InChI=1S/C18H21FN6O3S/c1-11-10-28-14(8-22-29(2,26)27)9-25(11)17-6-16(23-18(21)24-17)12-3-4-13(7-20)15(19)5-12/h3-6,11,14,22H,8-10H2,1-2H3,(H2,21,23,24)/t11-,14-/m1/s1. The van der Waals surface area contributed by atoms with Crippen LogP contribution in [0.4, 0.5) is 16.2 Å². The second-order valence-corrected chi connectivity index (χ2v) is 8.69. The van der Waals surface area contributed by atoms with Crippen molar-refractivity contribution >= 4 is 21.8 Å². The molecule has 3 N–H and O–H groups in total. The fourth-order valence-corrected chi connectivity index (χ4v) is 3.51. The highest BCUT2D eigenvalue weighted by atomic mass is 32.2. The number of sulfonamides is 1. The van der Waals surface area contributed by atoms with Crippen molar-refractivity contribution in [3.63, 3.8) is 0 Å². The van der Waals surface area contributed by atoms with Gasteiger partial charge in [0.25, 0.3) is 0 Å². The molecule has 1 aromatic carbocycles. The number of anilines is 2. The predicted molar refractivity (Wildman–Crippen MR) is 106 cm³/mol. The van der Waals surface area contributed by atoms with Gasteiger partial charge in [-0.3, -0.25) is 0 Å². The lowest BCUT2D eigenvalue weighted by atomic mass is 10.1. The van der Waals surface area contributed by atoms with Gasteiger partial charge in [-0.2, -0.15) is 10.2 Å². The van der Waals surface area contributed by atoms with Crippen LogP contribution in [0.1, 0.15) is 12.5 Å². The molecular formula is C18H21FN6O3S. The second-order valence-electron chi connectivity index (χ2n) is 6.85. The lowest BCUT2D eigenvalue weighted by Gasteiger charge is -2.39. The van der Waals surface area contributed by atoms with Crippen LogP contribution in [0, 0.1) is 17.1 Å². The van der Waals surface area contributed by atoms with Crippen LogP contribution in [0.15, 0.2) is 24.3 Å². The van der Waals surface area contributed by atoms with Crippen molar-refractivity contribution in [2.45, 2.75) is 19.1 Å². The van der Waals surface area contributed by atoms with Crippen molar-refractivity contribution in [2.24, 2.45) is 0 Å². The average Bonchev–Trinajstić information content (AvgIpc) is 2.66. The van der Waals surface area contributed by atoms with Crippen molar-refractivity contribution in [3.8, 4) is 17.3 Å². The van der Waals surface area contributed by atoms with E-state index in [0.29, 0.717) is 30.2 Å². The first-order chi connectivity index (χ1) is 13.7. The number of halogens is 1. The Labute approximate surface area is 168 Å². The van der Waals surface area contributed by atoms with Crippen molar-refractivity contribution in [3.05, 3.63) is 35.6 Å². The second kappa shape index (κ2) is 8.28. The Morgan fingerprint density at radius 2 is 2.17 bits per heavy atom. The zero-order chi connectivity index (χ0) is 21.2. The smallest absolute Gasteiger partial charge is 0.222 e. The van der Waals surface area contributed by atoms with E-state index in [-0.39, 0.29) is 30.2 Å². The molecule has 1 aliphatic heterocycles. The number of nitrogens with zero attached hydrogens (tertiary/aromatic N) is 4. The minimum absolute atomic E-state index is 0.0202. The predicted octanol–water partition coefficient (Wildman–Crippen LogP) is 0.879. The maximum Gasteiger partial charge on any atom is 0.222 e. The molecule has 0 unspecified atom stereocenters. The Hall–Kier alpha value is -2.81. The zero-order valence-corrected chi connectivity index (χ0v) is 16.8. The number of aromatic nitrogens is 2. The van der Waals surface area contributed by atoms with E-state index in [0.717, 1.165) is 6.26 Å². The van der Waals surface area contributed by atoms with E-state index in [4.69, 9.17) is 15.7 Å². The molecular weight excluding hydrogens is 399 g/mol. The number of nitrogens with two attached hydrogens (primary N) is 1. The number of ether oxygens (including phenoxy) is 1. The van der Waals surface area contributed by atoms with Gasteiger partial charge in [0.1, 0.15) is 17.7 Å². The number of hydrogen-bond donors (Lipinski definition) is 2. The number of nitrogens with one attached hydrogen (secondary N) is 1. The molecule has 0 radical (unpaired) electrons. The van der Waals surface area contributed by atoms with E-state index in [1.807, 2.05) is 11.8 Å². The molecule has 1 saturated heterocycles. The monoisotopic (exact) mass is 420 g/mol. The minimum Gasteiger partial charge on any atom is -0.373 e. The van der Waals surface area contributed by atoms with Crippen LogP contribution in [0.25, 0.3) is 11.3 Å². The SMILES string of the molecule is C[C@@H]1CO[C@H](CNS(C)(=O)=O)CN1c1cc(-c2ccc(C#N)c(F)c2)nc(N)n1. The van der Waals surface area contributed by atoms with Crippen molar-refractivity contribution in [1.82, 2.24) is 14.7 Å². The number of hydrogen-bond acceptors (Lipinski definition) is 8. The van der Waals surface area contributed by atoms with Crippen LogP contribution in [-0.4, -0.2) is 56.5 Å². The van der Waals surface area contributed by atoms with Crippen LogP contribution < -0.4 is 15.4 Å². The van der Waals surface area contributed by atoms with E-state index in [1.54, 1.807) is 18.2 Å². The molecule has 154 valence electrons. The van der Waals surface area contributed by atoms with Gasteiger partial charge in [-0.25, -0.2) is 22.5 Å². The first-order valence-corrected chi connectivity index (χ1v) is 10.7. The number of rotatable bonds is 5. The van der Waals surface area contributed by atoms with Crippen molar-refractivity contribution in [2.75, 3.05) is 36.6 Å². The first-order valence-electron chi connectivity index (χ1n) is 8.83. The molecule has 2 aromatic rings. The highest BCUT2D eigenvalue weighted by Gasteiger charge is 2.28. The van der Waals surface area contributed by atoms with Gasteiger partial charge < -0.3 is 15.4 Å². The highest BCUT2D eigenvalue weighted by molar-refractivity contribution is 7.88. The van der Waals surface area contributed by atoms with Gasteiger partial charge in [0.2, 0.25) is 16.0 Å². The molecule has 0 amide bonds. The summed E-state index contributed by atoms with van der Waals surface area (Å²) in [5.74, 6) is -0.0976. The van der Waals surface area contributed by atoms with Crippen LogP contribution in [0.2, 0.25) is 0 Å². The van der Waals surface area contributed by atoms with E-state index in [2.05, 4.69) is 14.7 Å². The van der Waals surface area contributed by atoms with Gasteiger partial charge in [-0.1, -0.05) is 6.07 Å². The Bertz CT molecular complexity index is 1060. The average molecular weight is 420 g/mol. The normalized spacial score (nSPS) is 19.7. The maximum atomic E-state index is 14.0. The molecule has 2 heterocycles. The molecule has 1 aliphatic rings. The van der Waals surface area contributed by atoms with Crippen LogP contribution >= 0.6 is 0 Å². The Kier molecular flexibility index (Phi) is 5.97. The number of nitrogen functional groups attached to an aromatic ring is 1. The quantitative estimate of drug-likeness (QED) is 0.728. The minimum atomic E-state index is -3.33. The first kappa shape index (κ1) is 20.9.